The average Bonchev–Trinajstić information content (AvgIpc) is 2.34. The zero-order valence-corrected chi connectivity index (χ0v) is 6.28. The maximum absolute atomic E-state index is 3.65. The Morgan fingerprint density at radius 3 is 3.22 bits per heavy atom. The molecular formula is C6H12N2S. The van der Waals surface area contributed by atoms with E-state index in [-0.39, 0.29) is 0 Å². The summed E-state index contributed by atoms with van der Waals surface area (Å²) >= 11 is 1.84. The van der Waals surface area contributed by atoms with Gasteiger partial charge in [-0.3, -0.25) is 0 Å². The fourth-order valence-corrected chi connectivity index (χ4v) is 1.47. The largest absolute Gasteiger partial charge is 0.302 e. The molecule has 0 amide bonds. The van der Waals surface area contributed by atoms with Crippen LogP contribution in [0.4, 0.5) is 0 Å². The second-order valence-electron chi connectivity index (χ2n) is 1.95. The predicted octanol–water partition coefficient (Wildman–Crippen LogP) is 0.683. The molecule has 2 nitrogen and oxygen atoms in total. The third-order valence-electron chi connectivity index (χ3n) is 1.20. The molecule has 0 aromatic rings. The SMILES string of the molecule is C=CCSN1CCNC1. The van der Waals surface area contributed by atoms with Crippen LogP contribution in [0.2, 0.25) is 0 Å². The number of nitrogens with one attached hydrogen (secondary N) is 1. The van der Waals surface area contributed by atoms with Gasteiger partial charge in [-0.1, -0.05) is 18.0 Å². The molecule has 9 heavy (non-hydrogen) atoms. The van der Waals surface area contributed by atoms with Crippen LogP contribution in [0.3, 0.4) is 0 Å². The summed E-state index contributed by atoms with van der Waals surface area (Å²) in [5.41, 5.74) is 0. The van der Waals surface area contributed by atoms with Crippen LogP contribution >= 0.6 is 11.9 Å². The standard InChI is InChI=1S/C6H12N2S/c1-2-5-9-8-4-3-7-6-8/h2,7H,1,3-6H2. The maximum Gasteiger partial charge on any atom is 0.0582 e. The molecule has 3 heteroatoms. The highest BCUT2D eigenvalue weighted by Gasteiger charge is 2.08. The van der Waals surface area contributed by atoms with Crippen molar-refractivity contribution in [2.24, 2.45) is 0 Å². The molecule has 1 fully saturated rings. The summed E-state index contributed by atoms with van der Waals surface area (Å²) in [6.07, 6.45) is 1.93. The first kappa shape index (κ1) is 7.12. The zero-order valence-electron chi connectivity index (χ0n) is 5.47. The van der Waals surface area contributed by atoms with Crippen LogP contribution in [0.15, 0.2) is 12.7 Å². The Morgan fingerprint density at radius 1 is 1.78 bits per heavy atom. The van der Waals surface area contributed by atoms with E-state index in [9.17, 15) is 0 Å². The topological polar surface area (TPSA) is 15.3 Å². The highest BCUT2D eigenvalue weighted by Crippen LogP contribution is 2.09. The Morgan fingerprint density at radius 2 is 2.67 bits per heavy atom. The van der Waals surface area contributed by atoms with Crippen molar-refractivity contribution in [3.05, 3.63) is 12.7 Å². The Balaban J connectivity index is 2.04. The van der Waals surface area contributed by atoms with Gasteiger partial charge in [0.15, 0.2) is 0 Å². The molecule has 1 saturated heterocycles. The van der Waals surface area contributed by atoms with Gasteiger partial charge in [0, 0.05) is 18.8 Å². The molecule has 0 aromatic carbocycles. The number of rotatable bonds is 3. The van der Waals surface area contributed by atoms with Gasteiger partial charge in [0.25, 0.3) is 0 Å². The lowest BCUT2D eigenvalue weighted by molar-refractivity contribution is 0.577. The van der Waals surface area contributed by atoms with E-state index in [2.05, 4.69) is 16.2 Å². The summed E-state index contributed by atoms with van der Waals surface area (Å²) < 4.78 is 2.31. The first-order valence-electron chi connectivity index (χ1n) is 3.13. The van der Waals surface area contributed by atoms with Gasteiger partial charge in [0.05, 0.1) is 6.67 Å². The van der Waals surface area contributed by atoms with E-state index in [1.165, 1.54) is 6.54 Å². The Hall–Kier alpha value is 0.01000. The molecule has 0 spiro atoms. The van der Waals surface area contributed by atoms with E-state index in [1.54, 1.807) is 0 Å². The second kappa shape index (κ2) is 3.93. The van der Waals surface area contributed by atoms with Gasteiger partial charge in [-0.25, -0.2) is 4.31 Å². The molecule has 1 heterocycles. The van der Waals surface area contributed by atoms with Crippen molar-refractivity contribution < 1.29 is 0 Å². The number of hydrogen-bond donors (Lipinski definition) is 1. The molecule has 0 aromatic heterocycles. The van der Waals surface area contributed by atoms with Gasteiger partial charge >= 0.3 is 0 Å². The Kier molecular flexibility index (Phi) is 3.11. The van der Waals surface area contributed by atoms with Gasteiger partial charge in [-0.15, -0.1) is 6.58 Å². The summed E-state index contributed by atoms with van der Waals surface area (Å²) in [6.45, 7) is 6.97. The van der Waals surface area contributed by atoms with E-state index in [0.29, 0.717) is 0 Å². The van der Waals surface area contributed by atoms with Crippen molar-refractivity contribution in [2.45, 2.75) is 0 Å². The van der Waals surface area contributed by atoms with Gasteiger partial charge in [-0.2, -0.15) is 0 Å². The highest BCUT2D eigenvalue weighted by atomic mass is 32.2. The van der Waals surface area contributed by atoms with Gasteiger partial charge < -0.3 is 5.32 Å². The third-order valence-corrected chi connectivity index (χ3v) is 2.26. The molecular weight excluding hydrogens is 132 g/mol. The fraction of sp³-hybridized carbons (Fsp3) is 0.667. The average molecular weight is 144 g/mol. The molecule has 1 N–H and O–H groups in total. The Bertz CT molecular complexity index is 89.1. The van der Waals surface area contributed by atoms with Crippen molar-refractivity contribution in [3.8, 4) is 0 Å². The van der Waals surface area contributed by atoms with Crippen LogP contribution in [0.5, 0.6) is 0 Å². The monoisotopic (exact) mass is 144 g/mol. The summed E-state index contributed by atoms with van der Waals surface area (Å²) in [6, 6.07) is 0. The van der Waals surface area contributed by atoms with Gasteiger partial charge in [0.1, 0.15) is 0 Å². The molecule has 1 rings (SSSR count). The summed E-state index contributed by atoms with van der Waals surface area (Å²) in [5, 5.41) is 3.25. The molecule has 0 bridgehead atoms. The lowest BCUT2D eigenvalue weighted by atomic mass is 10.7. The third kappa shape index (κ3) is 2.39. The number of nitrogens with zero attached hydrogens (tertiary/aromatic N) is 1. The molecule has 1 aliphatic rings. The number of hydrogen-bond acceptors (Lipinski definition) is 3. The lowest BCUT2D eigenvalue weighted by Crippen LogP contribution is -2.13. The zero-order chi connectivity index (χ0) is 6.53. The van der Waals surface area contributed by atoms with Crippen LogP contribution in [-0.2, 0) is 0 Å². The minimum atomic E-state index is 1.03. The van der Waals surface area contributed by atoms with Crippen molar-refractivity contribution >= 4 is 11.9 Å². The lowest BCUT2D eigenvalue weighted by Gasteiger charge is -2.09. The molecule has 0 radical (unpaired) electrons. The van der Waals surface area contributed by atoms with E-state index >= 15 is 0 Å². The smallest absolute Gasteiger partial charge is 0.0582 e. The highest BCUT2D eigenvalue weighted by molar-refractivity contribution is 7.97. The van der Waals surface area contributed by atoms with E-state index in [4.69, 9.17) is 0 Å². The van der Waals surface area contributed by atoms with Crippen molar-refractivity contribution in [3.63, 3.8) is 0 Å². The van der Waals surface area contributed by atoms with Crippen LogP contribution < -0.4 is 5.32 Å². The van der Waals surface area contributed by atoms with Gasteiger partial charge in [-0.05, 0) is 0 Å². The first-order valence-corrected chi connectivity index (χ1v) is 4.07. The predicted molar refractivity (Wildman–Crippen MR) is 42.2 cm³/mol. The fourth-order valence-electron chi connectivity index (χ4n) is 0.755. The first-order chi connectivity index (χ1) is 4.43. The van der Waals surface area contributed by atoms with E-state index in [0.717, 1.165) is 19.0 Å². The van der Waals surface area contributed by atoms with Crippen molar-refractivity contribution in [1.29, 1.82) is 0 Å². The molecule has 0 aliphatic carbocycles. The van der Waals surface area contributed by atoms with Crippen molar-refractivity contribution in [2.75, 3.05) is 25.5 Å². The quantitative estimate of drug-likeness (QED) is 0.463. The summed E-state index contributed by atoms with van der Waals surface area (Å²) in [5.74, 6) is 1.03. The maximum atomic E-state index is 3.65. The van der Waals surface area contributed by atoms with Crippen LogP contribution in [0.1, 0.15) is 0 Å². The van der Waals surface area contributed by atoms with Gasteiger partial charge in [0.2, 0.25) is 0 Å². The van der Waals surface area contributed by atoms with Crippen LogP contribution in [-0.4, -0.2) is 29.8 Å². The van der Waals surface area contributed by atoms with E-state index < -0.39 is 0 Å². The summed E-state index contributed by atoms with van der Waals surface area (Å²) in [7, 11) is 0. The van der Waals surface area contributed by atoms with Crippen LogP contribution in [0.25, 0.3) is 0 Å². The minimum Gasteiger partial charge on any atom is -0.302 e. The normalized spacial score (nSPS) is 20.4. The molecule has 52 valence electrons. The van der Waals surface area contributed by atoms with Crippen LogP contribution in [0, 0.1) is 0 Å². The molecule has 0 saturated carbocycles. The molecule has 0 atom stereocenters. The summed E-state index contributed by atoms with van der Waals surface area (Å²) in [4.78, 5) is 0. The van der Waals surface area contributed by atoms with E-state index in [1.807, 2.05) is 18.0 Å². The Labute approximate surface area is 60.4 Å². The molecule has 0 unspecified atom stereocenters. The van der Waals surface area contributed by atoms with Crippen molar-refractivity contribution in [1.82, 2.24) is 9.62 Å². The molecule has 1 aliphatic heterocycles. The minimum absolute atomic E-state index is 1.03. The second-order valence-corrected chi connectivity index (χ2v) is 3.06.